The highest BCUT2D eigenvalue weighted by Gasteiger charge is 2.48. The van der Waals surface area contributed by atoms with Crippen LogP contribution in [0.3, 0.4) is 0 Å². The number of sulfonamides is 1. The predicted octanol–water partition coefficient (Wildman–Crippen LogP) is 2.24. The van der Waals surface area contributed by atoms with E-state index in [0.717, 1.165) is 37.2 Å². The van der Waals surface area contributed by atoms with Crippen molar-refractivity contribution in [1.82, 2.24) is 19.4 Å². The molecule has 1 aromatic heterocycles. The molecular weight excluding hydrogens is 409 g/mol. The SMILES string of the molecule is CCC1(CNC(C)C2CCOCC2)CN(S(=O)(=O)c2cc(C(F)(F)F)nn2C)C1. The lowest BCUT2D eigenvalue weighted by Gasteiger charge is -2.49. The molecule has 7 nitrogen and oxygen atoms in total. The van der Waals surface area contributed by atoms with Gasteiger partial charge in [0.1, 0.15) is 0 Å². The van der Waals surface area contributed by atoms with Gasteiger partial charge in [0.15, 0.2) is 10.7 Å². The van der Waals surface area contributed by atoms with Gasteiger partial charge in [-0.3, -0.25) is 4.68 Å². The Morgan fingerprint density at radius 3 is 2.48 bits per heavy atom. The summed E-state index contributed by atoms with van der Waals surface area (Å²) < 4.78 is 71.7. The van der Waals surface area contributed by atoms with E-state index >= 15 is 0 Å². The molecule has 1 N–H and O–H groups in total. The third-order valence-electron chi connectivity index (χ3n) is 6.28. The first-order valence-corrected chi connectivity index (χ1v) is 11.3. The standard InChI is InChI=1S/C18H29F3N4O3S/c1-4-17(10-22-13(2)14-5-7-28-8-6-14)11-25(12-17)29(26,27)16-9-15(18(19,20)21)23-24(16)3/h9,13-14,22H,4-8,10-12H2,1-3H3. The van der Waals surface area contributed by atoms with E-state index in [1.54, 1.807) is 0 Å². The molecule has 2 fully saturated rings. The van der Waals surface area contributed by atoms with Crippen LogP contribution in [-0.2, 0) is 28.0 Å². The molecule has 2 aliphatic heterocycles. The Bertz CT molecular complexity index is 813. The van der Waals surface area contributed by atoms with Gasteiger partial charge in [-0.25, -0.2) is 8.42 Å². The third kappa shape index (κ3) is 4.62. The topological polar surface area (TPSA) is 76.5 Å². The number of ether oxygens (including phenoxy) is 1. The summed E-state index contributed by atoms with van der Waals surface area (Å²) in [6.07, 6.45) is -1.88. The van der Waals surface area contributed by atoms with Crippen LogP contribution in [0.2, 0.25) is 0 Å². The van der Waals surface area contributed by atoms with Crippen molar-refractivity contribution in [2.24, 2.45) is 18.4 Å². The third-order valence-corrected chi connectivity index (χ3v) is 8.13. The zero-order valence-corrected chi connectivity index (χ0v) is 17.8. The molecule has 1 atom stereocenters. The molecule has 1 aromatic rings. The summed E-state index contributed by atoms with van der Waals surface area (Å²) in [7, 11) is -2.81. The van der Waals surface area contributed by atoms with Gasteiger partial charge in [-0.05, 0) is 32.1 Å². The van der Waals surface area contributed by atoms with Crippen LogP contribution in [0, 0.1) is 11.3 Å². The van der Waals surface area contributed by atoms with Crippen LogP contribution >= 0.6 is 0 Å². The number of aryl methyl sites for hydroxylation is 1. The smallest absolute Gasteiger partial charge is 0.381 e. The highest BCUT2D eigenvalue weighted by molar-refractivity contribution is 7.89. The Balaban J connectivity index is 1.63. The highest BCUT2D eigenvalue weighted by atomic mass is 32.2. The monoisotopic (exact) mass is 438 g/mol. The second-order valence-corrected chi connectivity index (χ2v) is 10.1. The van der Waals surface area contributed by atoms with Crippen LogP contribution < -0.4 is 5.32 Å². The molecule has 0 aliphatic carbocycles. The highest BCUT2D eigenvalue weighted by Crippen LogP contribution is 2.38. The molecule has 0 spiro atoms. The lowest BCUT2D eigenvalue weighted by molar-refractivity contribution is -0.141. The summed E-state index contributed by atoms with van der Waals surface area (Å²) in [5.41, 5.74) is -1.41. The summed E-state index contributed by atoms with van der Waals surface area (Å²) >= 11 is 0. The molecule has 3 heterocycles. The summed E-state index contributed by atoms with van der Waals surface area (Å²) in [6, 6.07) is 0.909. The van der Waals surface area contributed by atoms with Gasteiger partial charge in [-0.15, -0.1) is 0 Å². The van der Waals surface area contributed by atoms with Gasteiger partial charge in [-0.2, -0.15) is 22.6 Å². The Labute approximate surface area is 169 Å². The number of rotatable bonds is 7. The molecule has 11 heteroatoms. The number of nitrogens with one attached hydrogen (secondary N) is 1. The van der Waals surface area contributed by atoms with E-state index in [1.807, 2.05) is 6.92 Å². The van der Waals surface area contributed by atoms with Crippen molar-refractivity contribution in [3.8, 4) is 0 Å². The molecule has 166 valence electrons. The summed E-state index contributed by atoms with van der Waals surface area (Å²) in [4.78, 5) is 0. The summed E-state index contributed by atoms with van der Waals surface area (Å²) in [5.74, 6) is 0.535. The van der Waals surface area contributed by atoms with Crippen LogP contribution in [0.4, 0.5) is 13.2 Å². The Kier molecular flexibility index (Phi) is 6.34. The first-order chi connectivity index (χ1) is 13.5. The molecule has 2 saturated heterocycles. The van der Waals surface area contributed by atoms with E-state index in [1.165, 1.54) is 11.4 Å². The average Bonchev–Trinajstić information content (AvgIpc) is 3.04. The number of halogens is 3. The van der Waals surface area contributed by atoms with Crippen LogP contribution in [0.15, 0.2) is 11.1 Å². The number of nitrogens with zero attached hydrogens (tertiary/aromatic N) is 3. The van der Waals surface area contributed by atoms with E-state index in [9.17, 15) is 21.6 Å². The fourth-order valence-electron chi connectivity index (χ4n) is 4.05. The van der Waals surface area contributed by atoms with Gasteiger partial charge >= 0.3 is 6.18 Å². The van der Waals surface area contributed by atoms with E-state index in [2.05, 4.69) is 17.3 Å². The van der Waals surface area contributed by atoms with Crippen molar-refractivity contribution in [1.29, 1.82) is 0 Å². The molecule has 0 radical (unpaired) electrons. The second-order valence-electron chi connectivity index (χ2n) is 8.24. The zero-order chi connectivity index (χ0) is 21.4. The molecule has 0 bridgehead atoms. The maximum absolute atomic E-state index is 12.9. The van der Waals surface area contributed by atoms with Gasteiger partial charge in [0.2, 0.25) is 0 Å². The van der Waals surface area contributed by atoms with Gasteiger partial charge in [0.25, 0.3) is 10.0 Å². The van der Waals surface area contributed by atoms with Crippen LogP contribution in [0.1, 0.15) is 38.8 Å². The van der Waals surface area contributed by atoms with Crippen molar-refractivity contribution in [2.75, 3.05) is 32.8 Å². The quantitative estimate of drug-likeness (QED) is 0.707. The first kappa shape index (κ1) is 22.5. The van der Waals surface area contributed by atoms with Gasteiger partial charge in [-0.1, -0.05) is 6.92 Å². The van der Waals surface area contributed by atoms with Crippen molar-refractivity contribution >= 4 is 10.0 Å². The van der Waals surface area contributed by atoms with E-state index in [0.29, 0.717) is 24.6 Å². The number of aromatic nitrogens is 2. The number of hydrogen-bond donors (Lipinski definition) is 1. The van der Waals surface area contributed by atoms with Crippen LogP contribution in [0.25, 0.3) is 0 Å². The molecular formula is C18H29F3N4O3S. The Morgan fingerprint density at radius 1 is 1.34 bits per heavy atom. The van der Waals surface area contributed by atoms with Gasteiger partial charge in [0.05, 0.1) is 0 Å². The number of hydrogen-bond acceptors (Lipinski definition) is 5. The summed E-state index contributed by atoms with van der Waals surface area (Å²) in [6.45, 7) is 6.93. The maximum atomic E-state index is 12.9. The molecule has 2 aliphatic rings. The van der Waals surface area contributed by atoms with Gasteiger partial charge < -0.3 is 10.1 Å². The van der Waals surface area contributed by atoms with Crippen molar-refractivity contribution in [3.05, 3.63) is 11.8 Å². The minimum atomic E-state index is -4.68. The fourth-order valence-corrected chi connectivity index (χ4v) is 5.84. The van der Waals surface area contributed by atoms with Crippen LogP contribution in [-0.4, -0.2) is 61.4 Å². The lowest BCUT2D eigenvalue weighted by atomic mass is 9.78. The van der Waals surface area contributed by atoms with E-state index in [4.69, 9.17) is 4.74 Å². The molecule has 0 saturated carbocycles. The minimum absolute atomic E-state index is 0.210. The van der Waals surface area contributed by atoms with E-state index < -0.39 is 26.9 Å². The minimum Gasteiger partial charge on any atom is -0.381 e. The zero-order valence-electron chi connectivity index (χ0n) is 17.0. The fraction of sp³-hybridized carbons (Fsp3) is 0.833. The van der Waals surface area contributed by atoms with Gasteiger partial charge in [0, 0.05) is 57.4 Å². The molecule has 3 rings (SSSR count). The maximum Gasteiger partial charge on any atom is 0.435 e. The lowest BCUT2D eigenvalue weighted by Crippen LogP contribution is -2.62. The molecule has 29 heavy (non-hydrogen) atoms. The van der Waals surface area contributed by atoms with Crippen molar-refractivity contribution in [3.63, 3.8) is 0 Å². The van der Waals surface area contributed by atoms with Crippen molar-refractivity contribution in [2.45, 2.75) is 50.4 Å². The normalized spacial score (nSPS) is 22.4. The van der Waals surface area contributed by atoms with Crippen molar-refractivity contribution < 1.29 is 26.3 Å². The van der Waals surface area contributed by atoms with E-state index in [-0.39, 0.29) is 18.5 Å². The number of alkyl halides is 3. The molecule has 1 unspecified atom stereocenters. The predicted molar refractivity (Wildman–Crippen MR) is 101 cm³/mol. The first-order valence-electron chi connectivity index (χ1n) is 9.91. The molecule has 0 aromatic carbocycles. The van der Waals surface area contributed by atoms with Crippen LogP contribution in [0.5, 0.6) is 0 Å². The Morgan fingerprint density at radius 2 is 1.97 bits per heavy atom. The second kappa shape index (κ2) is 8.16. The Hall–Kier alpha value is -1.17. The largest absolute Gasteiger partial charge is 0.435 e. The average molecular weight is 439 g/mol. The molecule has 0 amide bonds. The summed E-state index contributed by atoms with van der Waals surface area (Å²) in [5, 5.41) is 6.44.